The number of amides is 1. The van der Waals surface area contributed by atoms with Gasteiger partial charge in [0, 0.05) is 13.0 Å². The highest BCUT2D eigenvalue weighted by Crippen LogP contribution is 2.11. The summed E-state index contributed by atoms with van der Waals surface area (Å²) in [6.45, 7) is 2.79. The van der Waals surface area contributed by atoms with Crippen LogP contribution in [0.15, 0.2) is 30.3 Å². The number of benzene rings is 1. The molecule has 1 atom stereocenters. The lowest BCUT2D eigenvalue weighted by Gasteiger charge is -2.10. The number of rotatable bonds is 12. The van der Waals surface area contributed by atoms with Crippen molar-refractivity contribution in [3.63, 3.8) is 0 Å². The van der Waals surface area contributed by atoms with Gasteiger partial charge in [-0.1, -0.05) is 69.4 Å². The zero-order chi connectivity index (χ0) is 16.0. The summed E-state index contributed by atoms with van der Waals surface area (Å²) >= 11 is 0. The maximum atomic E-state index is 11.7. The SMILES string of the molecule is CCCCCC[C@@H](O)CCCCC(=O)NCc1ccccc1. The fraction of sp³-hybridized carbons (Fsp3) is 0.632. The van der Waals surface area contributed by atoms with Crippen molar-refractivity contribution in [1.82, 2.24) is 5.32 Å². The van der Waals surface area contributed by atoms with E-state index in [-0.39, 0.29) is 12.0 Å². The summed E-state index contributed by atoms with van der Waals surface area (Å²) in [7, 11) is 0. The molecule has 0 saturated heterocycles. The Labute approximate surface area is 135 Å². The fourth-order valence-corrected chi connectivity index (χ4v) is 2.50. The first-order valence-electron chi connectivity index (χ1n) is 8.71. The van der Waals surface area contributed by atoms with Gasteiger partial charge in [-0.15, -0.1) is 0 Å². The van der Waals surface area contributed by atoms with Crippen LogP contribution in [0.1, 0.15) is 70.3 Å². The Hall–Kier alpha value is -1.35. The molecule has 0 radical (unpaired) electrons. The molecule has 0 heterocycles. The molecule has 0 saturated carbocycles. The molecular weight excluding hydrogens is 274 g/mol. The van der Waals surface area contributed by atoms with E-state index in [9.17, 15) is 9.90 Å². The average molecular weight is 305 g/mol. The number of carbonyl (C=O) groups excluding carboxylic acids is 1. The van der Waals surface area contributed by atoms with E-state index in [0.717, 1.165) is 37.7 Å². The van der Waals surface area contributed by atoms with Crippen LogP contribution in [0.3, 0.4) is 0 Å². The normalized spacial score (nSPS) is 12.1. The van der Waals surface area contributed by atoms with Crippen LogP contribution in [0.2, 0.25) is 0 Å². The molecule has 124 valence electrons. The van der Waals surface area contributed by atoms with Gasteiger partial charge >= 0.3 is 0 Å². The van der Waals surface area contributed by atoms with Crippen LogP contribution in [0, 0.1) is 0 Å². The van der Waals surface area contributed by atoms with E-state index >= 15 is 0 Å². The van der Waals surface area contributed by atoms with Crippen LogP contribution in [-0.4, -0.2) is 17.1 Å². The Morgan fingerprint density at radius 1 is 1.05 bits per heavy atom. The van der Waals surface area contributed by atoms with Crippen molar-refractivity contribution in [2.45, 2.75) is 77.4 Å². The summed E-state index contributed by atoms with van der Waals surface area (Å²) in [5, 5.41) is 12.8. The third kappa shape index (κ3) is 9.56. The number of nitrogens with one attached hydrogen (secondary N) is 1. The van der Waals surface area contributed by atoms with E-state index in [1.54, 1.807) is 0 Å². The summed E-state index contributed by atoms with van der Waals surface area (Å²) in [4.78, 5) is 11.7. The highest BCUT2D eigenvalue weighted by atomic mass is 16.3. The highest BCUT2D eigenvalue weighted by Gasteiger charge is 2.05. The fourth-order valence-electron chi connectivity index (χ4n) is 2.50. The Morgan fingerprint density at radius 3 is 2.41 bits per heavy atom. The van der Waals surface area contributed by atoms with Gasteiger partial charge in [-0.2, -0.15) is 0 Å². The number of unbranched alkanes of at least 4 members (excludes halogenated alkanes) is 4. The van der Waals surface area contributed by atoms with Crippen molar-refractivity contribution in [3.05, 3.63) is 35.9 Å². The Kier molecular flexibility index (Phi) is 10.4. The van der Waals surface area contributed by atoms with Crippen molar-refractivity contribution in [2.24, 2.45) is 0 Å². The van der Waals surface area contributed by atoms with Crippen molar-refractivity contribution >= 4 is 5.91 Å². The Balaban J connectivity index is 1.98. The van der Waals surface area contributed by atoms with Crippen molar-refractivity contribution in [3.8, 4) is 0 Å². The summed E-state index contributed by atoms with van der Waals surface area (Å²) < 4.78 is 0. The van der Waals surface area contributed by atoms with E-state index in [1.165, 1.54) is 19.3 Å². The molecule has 22 heavy (non-hydrogen) atoms. The molecule has 0 aliphatic rings. The number of hydrogen-bond acceptors (Lipinski definition) is 2. The van der Waals surface area contributed by atoms with E-state index in [0.29, 0.717) is 13.0 Å². The molecule has 0 fully saturated rings. The smallest absolute Gasteiger partial charge is 0.220 e. The lowest BCUT2D eigenvalue weighted by Crippen LogP contribution is -2.22. The molecule has 2 N–H and O–H groups in total. The minimum atomic E-state index is -0.191. The molecule has 1 amide bonds. The van der Waals surface area contributed by atoms with Gasteiger partial charge in [0.25, 0.3) is 0 Å². The van der Waals surface area contributed by atoms with Gasteiger partial charge in [0.15, 0.2) is 0 Å². The summed E-state index contributed by atoms with van der Waals surface area (Å²) in [6.07, 6.45) is 8.68. The van der Waals surface area contributed by atoms with Crippen LogP contribution in [0.5, 0.6) is 0 Å². The van der Waals surface area contributed by atoms with Gasteiger partial charge in [0.05, 0.1) is 6.10 Å². The van der Waals surface area contributed by atoms with E-state index in [2.05, 4.69) is 12.2 Å². The average Bonchev–Trinajstić information content (AvgIpc) is 2.55. The van der Waals surface area contributed by atoms with E-state index in [4.69, 9.17) is 0 Å². The van der Waals surface area contributed by atoms with E-state index in [1.807, 2.05) is 30.3 Å². The molecule has 1 rings (SSSR count). The third-order valence-electron chi connectivity index (χ3n) is 3.91. The molecular formula is C19H31NO2. The number of hydrogen-bond donors (Lipinski definition) is 2. The molecule has 3 nitrogen and oxygen atoms in total. The van der Waals surface area contributed by atoms with E-state index < -0.39 is 0 Å². The van der Waals surface area contributed by atoms with Crippen LogP contribution in [-0.2, 0) is 11.3 Å². The second-order valence-corrected chi connectivity index (χ2v) is 6.01. The van der Waals surface area contributed by atoms with Crippen LogP contribution in [0.4, 0.5) is 0 Å². The van der Waals surface area contributed by atoms with Gasteiger partial charge in [-0.25, -0.2) is 0 Å². The van der Waals surface area contributed by atoms with Crippen LogP contribution in [0.25, 0.3) is 0 Å². The van der Waals surface area contributed by atoms with Gasteiger partial charge in [0.1, 0.15) is 0 Å². The van der Waals surface area contributed by atoms with Gasteiger partial charge < -0.3 is 10.4 Å². The predicted molar refractivity (Wildman–Crippen MR) is 91.5 cm³/mol. The third-order valence-corrected chi connectivity index (χ3v) is 3.91. The zero-order valence-corrected chi connectivity index (χ0v) is 13.9. The largest absolute Gasteiger partial charge is 0.393 e. The molecule has 0 bridgehead atoms. The van der Waals surface area contributed by atoms with Gasteiger partial charge in [-0.05, 0) is 24.8 Å². The lowest BCUT2D eigenvalue weighted by atomic mass is 10.0. The standard InChI is InChI=1S/C19H31NO2/c1-2-3-4-8-13-18(21)14-9-10-15-19(22)20-16-17-11-6-5-7-12-17/h5-7,11-12,18,21H,2-4,8-10,13-16H2,1H3,(H,20,22)/t18-/m1/s1. The Morgan fingerprint density at radius 2 is 1.73 bits per heavy atom. The predicted octanol–water partition coefficient (Wildman–Crippen LogP) is 4.19. The van der Waals surface area contributed by atoms with Crippen molar-refractivity contribution in [2.75, 3.05) is 0 Å². The van der Waals surface area contributed by atoms with Crippen LogP contribution < -0.4 is 5.32 Å². The minimum absolute atomic E-state index is 0.0984. The summed E-state index contributed by atoms with van der Waals surface area (Å²) in [5.41, 5.74) is 1.12. The lowest BCUT2D eigenvalue weighted by molar-refractivity contribution is -0.121. The summed E-state index contributed by atoms with van der Waals surface area (Å²) in [5.74, 6) is 0.0984. The number of carbonyl (C=O) groups is 1. The molecule has 0 unspecified atom stereocenters. The summed E-state index contributed by atoms with van der Waals surface area (Å²) in [6, 6.07) is 9.94. The molecule has 0 aromatic heterocycles. The van der Waals surface area contributed by atoms with Gasteiger partial charge in [0.2, 0.25) is 5.91 Å². The highest BCUT2D eigenvalue weighted by molar-refractivity contribution is 5.75. The first-order chi connectivity index (χ1) is 10.7. The monoisotopic (exact) mass is 305 g/mol. The first-order valence-corrected chi connectivity index (χ1v) is 8.71. The minimum Gasteiger partial charge on any atom is -0.393 e. The van der Waals surface area contributed by atoms with Crippen molar-refractivity contribution < 1.29 is 9.90 Å². The number of aliphatic hydroxyl groups excluding tert-OH is 1. The maximum Gasteiger partial charge on any atom is 0.220 e. The second-order valence-electron chi connectivity index (χ2n) is 6.01. The topological polar surface area (TPSA) is 49.3 Å². The number of aliphatic hydroxyl groups is 1. The molecule has 0 aliphatic heterocycles. The molecule has 3 heteroatoms. The van der Waals surface area contributed by atoms with Crippen molar-refractivity contribution in [1.29, 1.82) is 0 Å². The molecule has 0 spiro atoms. The first kappa shape index (κ1) is 18.7. The maximum absolute atomic E-state index is 11.7. The van der Waals surface area contributed by atoms with Crippen LogP contribution >= 0.6 is 0 Å². The second kappa shape index (κ2) is 12.2. The molecule has 1 aromatic carbocycles. The quantitative estimate of drug-likeness (QED) is 0.569. The molecule has 0 aliphatic carbocycles. The molecule has 1 aromatic rings. The zero-order valence-electron chi connectivity index (χ0n) is 13.9. The Bertz CT molecular complexity index is 392. The van der Waals surface area contributed by atoms with Gasteiger partial charge in [-0.3, -0.25) is 4.79 Å².